The van der Waals surface area contributed by atoms with Crippen LogP contribution in [-0.2, 0) is 6.54 Å². The summed E-state index contributed by atoms with van der Waals surface area (Å²) in [5.41, 5.74) is 6.13. The van der Waals surface area contributed by atoms with Gasteiger partial charge >= 0.3 is 6.09 Å². The largest absolute Gasteiger partial charge is 0.465 e. The van der Waals surface area contributed by atoms with Gasteiger partial charge in [0.1, 0.15) is 5.69 Å². The molecule has 2 aromatic heterocycles. The summed E-state index contributed by atoms with van der Waals surface area (Å²) in [6, 6.07) is 0. The Labute approximate surface area is 112 Å². The lowest BCUT2D eigenvalue weighted by Crippen LogP contribution is -2.22. The maximum Gasteiger partial charge on any atom is 0.404 e. The molecule has 0 aliphatic heterocycles. The van der Waals surface area contributed by atoms with Crippen molar-refractivity contribution in [1.82, 2.24) is 30.5 Å². The molecule has 1 amide bonds. The Morgan fingerprint density at radius 3 is 2.95 bits per heavy atom. The summed E-state index contributed by atoms with van der Waals surface area (Å²) in [6.45, 7) is 1.10. The lowest BCUT2D eigenvalue weighted by atomic mass is 10.3. The van der Waals surface area contributed by atoms with Crippen molar-refractivity contribution in [3.05, 3.63) is 6.20 Å². The van der Waals surface area contributed by atoms with Crippen LogP contribution in [0.25, 0.3) is 10.7 Å². The summed E-state index contributed by atoms with van der Waals surface area (Å²) in [5, 5.41) is 27.3. The van der Waals surface area contributed by atoms with Crippen LogP contribution in [0.15, 0.2) is 6.20 Å². The van der Waals surface area contributed by atoms with E-state index < -0.39 is 6.09 Å². The van der Waals surface area contributed by atoms with E-state index in [4.69, 9.17) is 10.8 Å². The molecule has 0 radical (unpaired) electrons. The number of aryl methyl sites for hydroxylation is 1. The van der Waals surface area contributed by atoms with Gasteiger partial charge in [0.15, 0.2) is 5.01 Å². The first-order valence-electron chi connectivity index (χ1n) is 5.61. The highest BCUT2D eigenvalue weighted by Crippen LogP contribution is 2.21. The summed E-state index contributed by atoms with van der Waals surface area (Å²) < 4.78 is 1.69. The Morgan fingerprint density at radius 2 is 2.26 bits per heavy atom. The molecule has 9 nitrogen and oxygen atoms in total. The Morgan fingerprint density at radius 1 is 1.42 bits per heavy atom. The lowest BCUT2D eigenvalue weighted by Gasteiger charge is -2.00. The van der Waals surface area contributed by atoms with Crippen LogP contribution in [-0.4, -0.2) is 42.9 Å². The number of carbonyl (C=O) groups is 1. The molecule has 0 saturated carbocycles. The summed E-state index contributed by atoms with van der Waals surface area (Å²) >= 11 is 1.25. The molecule has 0 atom stereocenters. The predicted molar refractivity (Wildman–Crippen MR) is 68.6 cm³/mol. The van der Waals surface area contributed by atoms with Gasteiger partial charge in [0.05, 0.1) is 6.20 Å². The molecule has 2 rings (SSSR count). The molecule has 0 bridgehead atoms. The third-order valence-corrected chi connectivity index (χ3v) is 3.06. The van der Waals surface area contributed by atoms with Gasteiger partial charge in [0.2, 0.25) is 5.13 Å². The van der Waals surface area contributed by atoms with Crippen molar-refractivity contribution in [3.63, 3.8) is 0 Å². The van der Waals surface area contributed by atoms with E-state index in [2.05, 4.69) is 25.8 Å². The number of anilines is 1. The number of nitrogens with one attached hydrogen (secondary N) is 1. The van der Waals surface area contributed by atoms with Crippen molar-refractivity contribution >= 4 is 22.6 Å². The molecule has 2 heterocycles. The zero-order valence-corrected chi connectivity index (χ0v) is 10.8. The number of nitrogen functional groups attached to an aromatic ring is 1. The zero-order valence-electron chi connectivity index (χ0n) is 9.98. The fourth-order valence-corrected chi connectivity index (χ4v) is 2.00. The highest BCUT2D eigenvalue weighted by molar-refractivity contribution is 7.18. The van der Waals surface area contributed by atoms with Crippen LogP contribution in [0.3, 0.4) is 0 Å². The number of nitrogens with zero attached hydrogens (tertiary/aromatic N) is 5. The van der Waals surface area contributed by atoms with Crippen LogP contribution in [0.2, 0.25) is 0 Å². The number of hydrogen-bond acceptors (Lipinski definition) is 7. The average Bonchev–Trinajstić information content (AvgIpc) is 2.97. The van der Waals surface area contributed by atoms with Crippen LogP contribution < -0.4 is 11.1 Å². The third kappa shape index (κ3) is 3.88. The van der Waals surface area contributed by atoms with Gasteiger partial charge < -0.3 is 16.2 Å². The Balaban J connectivity index is 1.79. The van der Waals surface area contributed by atoms with E-state index in [9.17, 15) is 4.79 Å². The molecule has 0 aliphatic rings. The molecule has 0 aliphatic carbocycles. The maximum absolute atomic E-state index is 10.2. The maximum atomic E-state index is 10.2. The second-order valence-corrected chi connectivity index (χ2v) is 4.76. The smallest absolute Gasteiger partial charge is 0.404 e. The number of rotatable bonds is 6. The highest BCUT2D eigenvalue weighted by Gasteiger charge is 2.08. The van der Waals surface area contributed by atoms with Crippen LogP contribution in [0.5, 0.6) is 0 Å². The van der Waals surface area contributed by atoms with E-state index in [1.54, 1.807) is 10.9 Å². The van der Waals surface area contributed by atoms with E-state index >= 15 is 0 Å². The Bertz CT molecular complexity index is 552. The number of carboxylic acid groups (broad SMARTS) is 1. The number of aromatic nitrogens is 5. The van der Waals surface area contributed by atoms with Gasteiger partial charge in [-0.05, 0) is 12.8 Å². The molecule has 0 aromatic carbocycles. The summed E-state index contributed by atoms with van der Waals surface area (Å²) in [6.07, 6.45) is 2.32. The monoisotopic (exact) mass is 283 g/mol. The topological polar surface area (TPSA) is 132 Å². The first-order valence-corrected chi connectivity index (χ1v) is 6.43. The summed E-state index contributed by atoms with van der Waals surface area (Å²) in [4.78, 5) is 10.2. The van der Waals surface area contributed by atoms with E-state index in [1.807, 2.05) is 0 Å². The van der Waals surface area contributed by atoms with Crippen molar-refractivity contribution in [2.45, 2.75) is 19.4 Å². The van der Waals surface area contributed by atoms with Crippen LogP contribution >= 0.6 is 11.3 Å². The van der Waals surface area contributed by atoms with Crippen molar-refractivity contribution < 1.29 is 9.90 Å². The Hall–Kier alpha value is -2.23. The number of nitrogens with two attached hydrogens (primary N) is 1. The average molecular weight is 283 g/mol. The molecular weight excluding hydrogens is 270 g/mol. The fraction of sp³-hybridized carbons (Fsp3) is 0.444. The number of unbranched alkanes of at least 4 members (excludes halogenated alkanes) is 1. The van der Waals surface area contributed by atoms with Crippen molar-refractivity contribution in [2.75, 3.05) is 12.3 Å². The minimum atomic E-state index is -1.00. The predicted octanol–water partition coefficient (Wildman–Crippen LogP) is 0.427. The molecule has 2 aromatic rings. The normalized spacial score (nSPS) is 10.5. The lowest BCUT2D eigenvalue weighted by molar-refractivity contribution is 0.194. The van der Waals surface area contributed by atoms with E-state index in [0.29, 0.717) is 28.9 Å². The SMILES string of the molecule is Nc1nnc(-c2cn(CCCCNC(=O)O)nn2)s1. The van der Waals surface area contributed by atoms with Crippen LogP contribution in [0.1, 0.15) is 12.8 Å². The zero-order chi connectivity index (χ0) is 13.7. The van der Waals surface area contributed by atoms with Gasteiger partial charge in [-0.3, -0.25) is 4.68 Å². The molecule has 0 saturated heterocycles. The molecule has 0 spiro atoms. The van der Waals surface area contributed by atoms with Crippen LogP contribution in [0.4, 0.5) is 9.93 Å². The van der Waals surface area contributed by atoms with Gasteiger partial charge in [-0.15, -0.1) is 15.3 Å². The summed E-state index contributed by atoms with van der Waals surface area (Å²) in [7, 11) is 0. The fourth-order valence-electron chi connectivity index (χ4n) is 1.44. The van der Waals surface area contributed by atoms with Gasteiger partial charge in [-0.1, -0.05) is 16.6 Å². The van der Waals surface area contributed by atoms with Crippen LogP contribution in [0, 0.1) is 0 Å². The molecule has 19 heavy (non-hydrogen) atoms. The van der Waals surface area contributed by atoms with E-state index in [0.717, 1.165) is 12.8 Å². The minimum Gasteiger partial charge on any atom is -0.465 e. The second kappa shape index (κ2) is 6.09. The van der Waals surface area contributed by atoms with Crippen molar-refractivity contribution in [3.8, 4) is 10.7 Å². The highest BCUT2D eigenvalue weighted by atomic mass is 32.1. The Kier molecular flexibility index (Phi) is 4.23. The van der Waals surface area contributed by atoms with Gasteiger partial charge in [-0.25, -0.2) is 4.79 Å². The minimum absolute atomic E-state index is 0.393. The van der Waals surface area contributed by atoms with Gasteiger partial charge in [-0.2, -0.15) is 0 Å². The van der Waals surface area contributed by atoms with Gasteiger partial charge in [0, 0.05) is 13.1 Å². The molecular formula is C9H13N7O2S. The standard InChI is InChI=1S/C9H13N7O2S/c10-8-14-13-7(19-8)6-5-16(15-12-6)4-2-1-3-11-9(17)18/h5,11H,1-4H2,(H2,10,14)(H,17,18). The molecule has 10 heteroatoms. The summed E-state index contributed by atoms with van der Waals surface area (Å²) in [5.74, 6) is 0. The molecule has 102 valence electrons. The first-order chi connectivity index (χ1) is 9.15. The van der Waals surface area contributed by atoms with E-state index in [1.165, 1.54) is 11.3 Å². The molecule has 0 unspecified atom stereocenters. The van der Waals surface area contributed by atoms with Crippen molar-refractivity contribution in [2.24, 2.45) is 0 Å². The van der Waals surface area contributed by atoms with Gasteiger partial charge in [0.25, 0.3) is 0 Å². The number of amides is 1. The third-order valence-electron chi connectivity index (χ3n) is 2.29. The first kappa shape index (κ1) is 13.2. The quantitative estimate of drug-likeness (QED) is 0.655. The second-order valence-electron chi connectivity index (χ2n) is 3.75. The van der Waals surface area contributed by atoms with Crippen molar-refractivity contribution in [1.29, 1.82) is 0 Å². The molecule has 4 N–H and O–H groups in total. The van der Waals surface area contributed by atoms with E-state index in [-0.39, 0.29) is 0 Å². The molecule has 0 fully saturated rings. The number of hydrogen-bond donors (Lipinski definition) is 3.